The van der Waals surface area contributed by atoms with E-state index in [0.29, 0.717) is 5.56 Å². The third kappa shape index (κ3) is 2.89. The van der Waals surface area contributed by atoms with E-state index in [1.54, 1.807) is 18.3 Å². The smallest absolute Gasteiger partial charge is 0.264 e. The lowest BCUT2D eigenvalue weighted by atomic mass is 10.3. The highest BCUT2D eigenvalue weighted by Crippen LogP contribution is 2.07. The first kappa shape index (κ1) is 7.85. The van der Waals surface area contributed by atoms with Gasteiger partial charge >= 0.3 is 6.43 Å². The monoisotopic (exact) mass is 154 g/mol. The quantitative estimate of drug-likeness (QED) is 0.637. The van der Waals surface area contributed by atoms with Gasteiger partial charge in [0.1, 0.15) is 0 Å². The molecule has 0 fully saturated rings. The molecule has 0 amide bonds. The zero-order valence-corrected chi connectivity index (χ0v) is 5.67. The summed E-state index contributed by atoms with van der Waals surface area (Å²) in [6, 6.07) is 3.39. The molecule has 0 aromatic carbocycles. The van der Waals surface area contributed by atoms with E-state index in [1.165, 1.54) is 12.3 Å². The van der Waals surface area contributed by atoms with Crippen LogP contribution in [0.25, 0.3) is 6.08 Å². The average Bonchev–Trinajstić information content (AvgIpc) is 2.03. The molecule has 1 aromatic rings. The first-order chi connectivity index (χ1) is 5.29. The Morgan fingerprint density at radius 1 is 1.45 bits per heavy atom. The van der Waals surface area contributed by atoms with Crippen molar-refractivity contribution in [3.05, 3.63) is 42.6 Å². The lowest BCUT2D eigenvalue weighted by molar-refractivity contribution is 0.334. The van der Waals surface area contributed by atoms with Crippen molar-refractivity contribution in [3.63, 3.8) is 0 Å². The van der Waals surface area contributed by atoms with Crippen LogP contribution in [0.4, 0.5) is 8.78 Å². The van der Waals surface area contributed by atoms with Crippen molar-refractivity contribution in [2.75, 3.05) is 0 Å². The molecule has 3 heteroatoms. The second-order valence-electron chi connectivity index (χ2n) is 1.91. The maximum absolute atomic E-state index is 11.5. The van der Waals surface area contributed by atoms with Crippen molar-refractivity contribution in [1.82, 2.24) is 4.98 Å². The third-order valence-electron chi connectivity index (χ3n) is 1.09. The van der Waals surface area contributed by atoms with Gasteiger partial charge in [-0.15, -0.1) is 0 Å². The summed E-state index contributed by atoms with van der Waals surface area (Å²) in [5, 5.41) is 0. The Balaban J connectivity index is 2.65. The van der Waals surface area contributed by atoms with Crippen molar-refractivity contribution in [1.29, 1.82) is 0 Å². The second kappa shape index (κ2) is 3.81. The summed E-state index contributed by atoms with van der Waals surface area (Å²) in [6.45, 7) is 0. The molecular weight excluding hydrogens is 148 g/mol. The Labute approximate surface area is 63.4 Å². The highest BCUT2D eigenvalue weighted by Gasteiger charge is 1.95. The van der Waals surface area contributed by atoms with Crippen LogP contribution in [0.1, 0.15) is 5.56 Å². The topological polar surface area (TPSA) is 12.9 Å². The fraction of sp³-hybridized carbons (Fsp3) is 0. The number of nitrogens with zero attached hydrogens (tertiary/aromatic N) is 1. The highest BCUT2D eigenvalue weighted by molar-refractivity contribution is 5.48. The van der Waals surface area contributed by atoms with Crippen molar-refractivity contribution in [2.24, 2.45) is 0 Å². The predicted molar refractivity (Wildman–Crippen MR) is 38.7 cm³/mol. The minimum Gasteiger partial charge on any atom is -0.264 e. The average molecular weight is 154 g/mol. The molecule has 0 atom stereocenters. The van der Waals surface area contributed by atoms with Crippen LogP contribution in [0, 0.1) is 6.43 Å². The Morgan fingerprint density at radius 2 is 2.27 bits per heavy atom. The lowest BCUT2D eigenvalue weighted by Gasteiger charge is -1.88. The maximum Gasteiger partial charge on any atom is 0.332 e. The summed E-state index contributed by atoms with van der Waals surface area (Å²) in [6.07, 6.45) is 3.46. The molecule has 1 radical (unpaired) electrons. The summed E-state index contributed by atoms with van der Waals surface area (Å²) in [5.74, 6) is 0. The van der Waals surface area contributed by atoms with E-state index >= 15 is 0 Å². The summed E-state index contributed by atoms with van der Waals surface area (Å²) in [5.41, 5.74) is 0.667. The van der Waals surface area contributed by atoms with E-state index < -0.39 is 6.43 Å². The van der Waals surface area contributed by atoms with Crippen LogP contribution in [0.2, 0.25) is 0 Å². The number of rotatable bonds is 2. The van der Waals surface area contributed by atoms with Crippen LogP contribution in [0.5, 0.6) is 0 Å². The molecule has 0 bridgehead atoms. The van der Waals surface area contributed by atoms with Crippen LogP contribution >= 0.6 is 0 Å². The molecule has 1 nitrogen and oxygen atoms in total. The molecule has 1 heterocycles. The van der Waals surface area contributed by atoms with Crippen LogP contribution in [-0.2, 0) is 0 Å². The van der Waals surface area contributed by atoms with Crippen LogP contribution < -0.4 is 0 Å². The molecule has 0 aliphatic heterocycles. The number of allylic oxidation sites excluding steroid dienone is 1. The summed E-state index contributed by atoms with van der Waals surface area (Å²) < 4.78 is 23.1. The van der Waals surface area contributed by atoms with E-state index in [2.05, 4.69) is 4.98 Å². The van der Waals surface area contributed by atoms with Gasteiger partial charge in [0.2, 0.25) is 0 Å². The molecule has 0 aliphatic rings. The zero-order chi connectivity index (χ0) is 8.10. The van der Waals surface area contributed by atoms with Gasteiger partial charge in [0, 0.05) is 12.4 Å². The Kier molecular flexibility index (Phi) is 2.72. The molecular formula is C8H6F2N. The first-order valence-electron chi connectivity index (χ1n) is 3.05. The molecule has 1 aromatic heterocycles. The van der Waals surface area contributed by atoms with E-state index in [1.807, 2.05) is 0 Å². The molecule has 0 spiro atoms. The zero-order valence-electron chi connectivity index (χ0n) is 5.67. The molecule has 0 aliphatic carbocycles. The Hall–Kier alpha value is -1.25. The largest absolute Gasteiger partial charge is 0.332 e. The minimum atomic E-state index is -1.70. The van der Waals surface area contributed by atoms with Gasteiger partial charge in [-0.3, -0.25) is 4.98 Å². The summed E-state index contributed by atoms with van der Waals surface area (Å²) in [4.78, 5) is 3.76. The molecule has 0 saturated heterocycles. The van der Waals surface area contributed by atoms with Gasteiger partial charge in [-0.1, -0.05) is 12.1 Å². The third-order valence-corrected chi connectivity index (χ3v) is 1.09. The standard InChI is InChI=1S/C8H6F2N/c9-8(10)4-3-7-2-1-5-11-6-7/h1-6H. The molecule has 1 rings (SSSR count). The Morgan fingerprint density at radius 3 is 2.82 bits per heavy atom. The number of hydrogen-bond donors (Lipinski definition) is 0. The van der Waals surface area contributed by atoms with Crippen molar-refractivity contribution >= 4 is 6.08 Å². The number of hydrogen-bond acceptors (Lipinski definition) is 1. The molecule has 0 N–H and O–H groups in total. The van der Waals surface area contributed by atoms with Crippen LogP contribution in [0.15, 0.2) is 30.6 Å². The number of aromatic nitrogens is 1. The normalized spacial score (nSPS) is 11.2. The van der Waals surface area contributed by atoms with Gasteiger partial charge in [-0.2, -0.15) is 8.78 Å². The number of pyridine rings is 1. The van der Waals surface area contributed by atoms with Crippen LogP contribution in [0.3, 0.4) is 0 Å². The van der Waals surface area contributed by atoms with Gasteiger partial charge in [-0.05, 0) is 17.7 Å². The van der Waals surface area contributed by atoms with Crippen molar-refractivity contribution in [3.8, 4) is 0 Å². The fourth-order valence-electron chi connectivity index (χ4n) is 0.634. The summed E-state index contributed by atoms with van der Waals surface area (Å²) in [7, 11) is 0. The fourth-order valence-corrected chi connectivity index (χ4v) is 0.634. The minimum absolute atomic E-state index is 0.667. The van der Waals surface area contributed by atoms with Crippen LogP contribution in [-0.4, -0.2) is 4.98 Å². The SMILES string of the molecule is F[C](F)C=Cc1cccnc1. The lowest BCUT2D eigenvalue weighted by Crippen LogP contribution is -1.74. The van der Waals surface area contributed by atoms with Crippen molar-refractivity contribution in [2.45, 2.75) is 0 Å². The first-order valence-corrected chi connectivity index (χ1v) is 3.05. The maximum atomic E-state index is 11.5. The van der Waals surface area contributed by atoms with Gasteiger partial charge in [-0.25, -0.2) is 0 Å². The van der Waals surface area contributed by atoms with Gasteiger partial charge in [0.15, 0.2) is 0 Å². The van der Waals surface area contributed by atoms with Gasteiger partial charge in [0.25, 0.3) is 0 Å². The van der Waals surface area contributed by atoms with Gasteiger partial charge in [0.05, 0.1) is 0 Å². The van der Waals surface area contributed by atoms with E-state index in [4.69, 9.17) is 0 Å². The summed E-state index contributed by atoms with van der Waals surface area (Å²) >= 11 is 0. The predicted octanol–water partition coefficient (Wildman–Crippen LogP) is 2.52. The molecule has 57 valence electrons. The van der Waals surface area contributed by atoms with E-state index in [-0.39, 0.29) is 0 Å². The molecule has 0 saturated carbocycles. The van der Waals surface area contributed by atoms with Crippen molar-refractivity contribution < 1.29 is 8.78 Å². The Bertz CT molecular complexity index is 231. The van der Waals surface area contributed by atoms with E-state index in [9.17, 15) is 8.78 Å². The molecule has 0 unspecified atom stereocenters. The molecule has 11 heavy (non-hydrogen) atoms. The highest BCUT2D eigenvalue weighted by atomic mass is 19.3. The number of halogens is 2. The second-order valence-corrected chi connectivity index (χ2v) is 1.91. The van der Waals surface area contributed by atoms with Gasteiger partial charge < -0.3 is 0 Å². The van der Waals surface area contributed by atoms with E-state index in [0.717, 1.165) is 6.08 Å².